The molecule has 2 aromatic carbocycles. The molecule has 0 amide bonds. The summed E-state index contributed by atoms with van der Waals surface area (Å²) in [6, 6.07) is 20.3. The second-order valence-electron chi connectivity index (χ2n) is 10.3. The Labute approximate surface area is 213 Å². The summed E-state index contributed by atoms with van der Waals surface area (Å²) in [5.41, 5.74) is 1.96. The van der Waals surface area contributed by atoms with Crippen LogP contribution in [-0.2, 0) is 31.9 Å². The number of rotatable bonds is 12. The molecule has 4 heteroatoms. The first-order chi connectivity index (χ1) is 16.6. The maximum atomic E-state index is 12.2. The molecule has 2 aromatic rings. The van der Waals surface area contributed by atoms with Gasteiger partial charge in [0.25, 0.3) is 0 Å². The topological polar surface area (TPSA) is 52.6 Å². The van der Waals surface area contributed by atoms with Crippen LogP contribution in [0.5, 0.6) is 0 Å². The van der Waals surface area contributed by atoms with Gasteiger partial charge in [0, 0.05) is 0 Å². The van der Waals surface area contributed by atoms with Crippen molar-refractivity contribution in [3.8, 4) is 0 Å². The van der Waals surface area contributed by atoms with Gasteiger partial charge in [-0.05, 0) is 69.4 Å². The molecule has 0 aromatic heterocycles. The molecule has 0 fully saturated rings. The summed E-state index contributed by atoms with van der Waals surface area (Å²) in [5, 5.41) is 0. The molecule has 35 heavy (non-hydrogen) atoms. The molecular formula is C31H46O4. The molecule has 0 heterocycles. The predicted octanol–water partition coefficient (Wildman–Crippen LogP) is 7.30. The van der Waals surface area contributed by atoms with Crippen LogP contribution in [0.1, 0.15) is 72.4 Å². The average molecular weight is 483 g/mol. The Morgan fingerprint density at radius 3 is 1.74 bits per heavy atom. The van der Waals surface area contributed by atoms with E-state index in [2.05, 4.69) is 52.0 Å². The molecule has 4 nitrogen and oxygen atoms in total. The number of hydrogen-bond donors (Lipinski definition) is 0. The summed E-state index contributed by atoms with van der Waals surface area (Å²) >= 11 is 0. The van der Waals surface area contributed by atoms with Gasteiger partial charge in [0.15, 0.2) is 0 Å². The van der Waals surface area contributed by atoms with Gasteiger partial charge in [-0.3, -0.25) is 9.59 Å². The molecule has 2 unspecified atom stereocenters. The Hall–Kier alpha value is -2.62. The Morgan fingerprint density at radius 1 is 0.771 bits per heavy atom. The minimum absolute atomic E-state index is 0.0163. The van der Waals surface area contributed by atoms with E-state index >= 15 is 0 Å². The van der Waals surface area contributed by atoms with Gasteiger partial charge in [-0.2, -0.15) is 0 Å². The molecule has 0 saturated heterocycles. The van der Waals surface area contributed by atoms with Crippen molar-refractivity contribution in [2.75, 3.05) is 13.2 Å². The summed E-state index contributed by atoms with van der Waals surface area (Å²) in [5.74, 6) is 0.821. The highest BCUT2D eigenvalue weighted by Gasteiger charge is 2.35. The van der Waals surface area contributed by atoms with Gasteiger partial charge >= 0.3 is 11.9 Å². The zero-order valence-electron chi connectivity index (χ0n) is 22.9. The summed E-state index contributed by atoms with van der Waals surface area (Å²) in [7, 11) is 0. The quantitative estimate of drug-likeness (QED) is 0.298. The highest BCUT2D eigenvalue weighted by molar-refractivity contribution is 5.76. The van der Waals surface area contributed by atoms with Crippen LogP contribution in [0.4, 0.5) is 0 Å². The molecule has 194 valence electrons. The molecular weight excluding hydrogens is 436 g/mol. The summed E-state index contributed by atoms with van der Waals surface area (Å²) < 4.78 is 10.4. The van der Waals surface area contributed by atoms with E-state index in [0.717, 1.165) is 25.7 Å². The molecule has 0 N–H and O–H groups in total. The predicted molar refractivity (Wildman–Crippen MR) is 144 cm³/mol. The third-order valence-electron chi connectivity index (χ3n) is 5.76. The number of hydrogen-bond acceptors (Lipinski definition) is 4. The number of carbonyl (C=O) groups is 2. The second-order valence-corrected chi connectivity index (χ2v) is 10.3. The van der Waals surface area contributed by atoms with Crippen molar-refractivity contribution in [2.45, 2.75) is 74.1 Å². The Morgan fingerprint density at radius 2 is 1.29 bits per heavy atom. The highest BCUT2D eigenvalue weighted by Crippen LogP contribution is 2.32. The van der Waals surface area contributed by atoms with Gasteiger partial charge in [-0.15, -0.1) is 0 Å². The third kappa shape index (κ3) is 12.1. The largest absolute Gasteiger partial charge is 0.466 e. The van der Waals surface area contributed by atoms with Gasteiger partial charge in [0.2, 0.25) is 0 Å². The first-order valence-electron chi connectivity index (χ1n) is 13.0. The fraction of sp³-hybridized carbons (Fsp3) is 0.548. The van der Waals surface area contributed by atoms with Crippen molar-refractivity contribution in [3.63, 3.8) is 0 Å². The van der Waals surface area contributed by atoms with Gasteiger partial charge in [-0.25, -0.2) is 0 Å². The minimum Gasteiger partial charge on any atom is -0.466 e. The van der Waals surface area contributed by atoms with Crippen LogP contribution in [0.3, 0.4) is 0 Å². The van der Waals surface area contributed by atoms with Crippen LogP contribution in [0.15, 0.2) is 60.7 Å². The van der Waals surface area contributed by atoms with Crippen LogP contribution >= 0.6 is 0 Å². The van der Waals surface area contributed by atoms with E-state index in [-0.39, 0.29) is 17.9 Å². The van der Waals surface area contributed by atoms with E-state index in [4.69, 9.17) is 9.47 Å². The van der Waals surface area contributed by atoms with Crippen LogP contribution in [0.2, 0.25) is 0 Å². The van der Waals surface area contributed by atoms with E-state index in [1.54, 1.807) is 0 Å². The lowest BCUT2D eigenvalue weighted by Crippen LogP contribution is -2.33. The van der Waals surface area contributed by atoms with Crippen molar-refractivity contribution >= 4 is 11.9 Å². The van der Waals surface area contributed by atoms with Crippen molar-refractivity contribution in [3.05, 3.63) is 71.8 Å². The molecule has 2 rings (SSSR count). The SMILES string of the molecule is CCOC(=O)C(C)(Cc1ccccc1)CC(C)C.CCOC(=O)C(Cc1ccccc1)CC(C)C. The van der Waals surface area contributed by atoms with Crippen LogP contribution in [-0.4, -0.2) is 25.2 Å². The van der Waals surface area contributed by atoms with E-state index in [0.29, 0.717) is 25.0 Å². The summed E-state index contributed by atoms with van der Waals surface area (Å²) in [6.45, 7) is 15.2. The Balaban J connectivity index is 0.000000351. The fourth-order valence-corrected chi connectivity index (χ4v) is 4.47. The van der Waals surface area contributed by atoms with E-state index < -0.39 is 5.41 Å². The standard InChI is InChI=1S/C16H24O2.C15H22O2/c1-5-18-15(17)16(4,11-13(2)3)12-14-9-7-6-8-10-14;1-4-17-15(16)14(10-12(2)3)11-13-8-6-5-7-9-13/h6-10,13H,5,11-12H2,1-4H3;5-9,12,14H,4,10-11H2,1-3H3. The van der Waals surface area contributed by atoms with Crippen molar-refractivity contribution in [1.82, 2.24) is 0 Å². The lowest BCUT2D eigenvalue weighted by atomic mass is 9.77. The number of carbonyl (C=O) groups excluding carboxylic acids is 2. The van der Waals surface area contributed by atoms with Crippen molar-refractivity contribution in [2.24, 2.45) is 23.2 Å². The summed E-state index contributed by atoms with van der Waals surface area (Å²) in [6.07, 6.45) is 3.25. The highest BCUT2D eigenvalue weighted by atomic mass is 16.5. The monoisotopic (exact) mass is 482 g/mol. The van der Waals surface area contributed by atoms with E-state index in [1.807, 2.05) is 57.2 Å². The van der Waals surface area contributed by atoms with Crippen molar-refractivity contribution < 1.29 is 19.1 Å². The molecule has 0 aliphatic heterocycles. The van der Waals surface area contributed by atoms with Crippen LogP contribution in [0.25, 0.3) is 0 Å². The normalized spacial score (nSPS) is 13.4. The van der Waals surface area contributed by atoms with Gasteiger partial charge in [0.05, 0.1) is 24.5 Å². The smallest absolute Gasteiger partial charge is 0.312 e. The number of benzene rings is 2. The molecule has 0 spiro atoms. The zero-order valence-corrected chi connectivity index (χ0v) is 22.9. The lowest BCUT2D eigenvalue weighted by Gasteiger charge is -2.29. The first kappa shape index (κ1) is 30.4. The zero-order chi connectivity index (χ0) is 26.3. The Bertz CT molecular complexity index is 845. The number of ether oxygens (including phenoxy) is 2. The molecule has 0 aliphatic rings. The van der Waals surface area contributed by atoms with E-state index in [1.165, 1.54) is 11.1 Å². The maximum absolute atomic E-state index is 12.2. The van der Waals surface area contributed by atoms with Crippen molar-refractivity contribution in [1.29, 1.82) is 0 Å². The second kappa shape index (κ2) is 16.1. The van der Waals surface area contributed by atoms with Gasteiger partial charge < -0.3 is 9.47 Å². The third-order valence-corrected chi connectivity index (χ3v) is 5.76. The molecule has 0 radical (unpaired) electrons. The molecule has 0 aliphatic carbocycles. The van der Waals surface area contributed by atoms with Gasteiger partial charge in [0.1, 0.15) is 0 Å². The lowest BCUT2D eigenvalue weighted by molar-refractivity contribution is -0.155. The molecule has 0 bridgehead atoms. The van der Waals surface area contributed by atoms with Crippen LogP contribution in [0, 0.1) is 23.2 Å². The molecule has 0 saturated carbocycles. The van der Waals surface area contributed by atoms with Crippen LogP contribution < -0.4 is 0 Å². The maximum Gasteiger partial charge on any atom is 0.312 e. The Kier molecular flexibility index (Phi) is 14.0. The average Bonchev–Trinajstić information content (AvgIpc) is 2.80. The fourth-order valence-electron chi connectivity index (χ4n) is 4.47. The first-order valence-corrected chi connectivity index (χ1v) is 13.0. The summed E-state index contributed by atoms with van der Waals surface area (Å²) in [4.78, 5) is 24.0. The molecule has 2 atom stereocenters. The number of esters is 2. The van der Waals surface area contributed by atoms with E-state index in [9.17, 15) is 9.59 Å². The van der Waals surface area contributed by atoms with Gasteiger partial charge in [-0.1, -0.05) is 88.4 Å². The minimum atomic E-state index is -0.425.